The van der Waals surface area contributed by atoms with Crippen LogP contribution in [0.5, 0.6) is 5.75 Å². The summed E-state index contributed by atoms with van der Waals surface area (Å²) < 4.78 is 126. The van der Waals surface area contributed by atoms with Gasteiger partial charge in [-0.3, -0.25) is 14.4 Å². The topological polar surface area (TPSA) is 96.5 Å². The smallest absolute Gasteiger partial charge is 0.417 e. The Morgan fingerprint density at radius 3 is 1.23 bits per heavy atom. The van der Waals surface area contributed by atoms with Gasteiger partial charge in [0.1, 0.15) is 12.4 Å². The second-order valence-corrected chi connectivity index (χ2v) is 12.9. The zero-order valence-corrected chi connectivity index (χ0v) is 29.9. The van der Waals surface area contributed by atoms with E-state index in [-0.39, 0.29) is 46.1 Å². The molecule has 0 heterocycles. The first-order valence-electron chi connectivity index (χ1n) is 15.5. The maximum Gasteiger partial charge on any atom is 0.417 e. The lowest BCUT2D eigenvalue weighted by Gasteiger charge is -2.15. The number of hydrogen-bond donors (Lipinski definition) is 3. The number of anilines is 3. The van der Waals surface area contributed by atoms with Crippen LogP contribution in [-0.4, -0.2) is 17.7 Å². The van der Waals surface area contributed by atoms with E-state index in [2.05, 4.69) is 16.0 Å². The third kappa shape index (κ3) is 10.4. The maximum atomic E-state index is 13.4. The minimum Gasteiger partial charge on any atom is -0.489 e. The van der Waals surface area contributed by atoms with Crippen molar-refractivity contribution in [2.75, 3.05) is 16.0 Å². The normalized spacial score (nSPS) is 11.9. The average molecular weight is 849 g/mol. The van der Waals surface area contributed by atoms with Crippen LogP contribution in [0.3, 0.4) is 0 Å². The van der Waals surface area contributed by atoms with Crippen LogP contribution >= 0.6 is 34.8 Å². The van der Waals surface area contributed by atoms with E-state index >= 15 is 0 Å². The Balaban J connectivity index is 1.41. The lowest BCUT2D eigenvalue weighted by molar-refractivity contribution is -0.138. The lowest BCUT2D eigenvalue weighted by atomic mass is 10.1. The molecule has 0 saturated carbocycles. The van der Waals surface area contributed by atoms with Crippen LogP contribution in [0.15, 0.2) is 97.1 Å². The zero-order chi connectivity index (χ0) is 41.2. The van der Waals surface area contributed by atoms with Crippen molar-refractivity contribution in [3.63, 3.8) is 0 Å². The fourth-order valence-electron chi connectivity index (χ4n) is 4.98. The summed E-state index contributed by atoms with van der Waals surface area (Å²) in [7, 11) is 0. The van der Waals surface area contributed by atoms with E-state index in [4.69, 9.17) is 39.5 Å². The molecule has 0 fully saturated rings. The van der Waals surface area contributed by atoms with E-state index in [9.17, 15) is 53.9 Å². The van der Waals surface area contributed by atoms with E-state index in [1.54, 1.807) is 0 Å². The first kappa shape index (κ1) is 41.7. The van der Waals surface area contributed by atoms with E-state index in [0.717, 1.165) is 48.5 Å². The predicted molar refractivity (Wildman–Crippen MR) is 190 cm³/mol. The van der Waals surface area contributed by atoms with Gasteiger partial charge < -0.3 is 20.7 Å². The molecule has 56 heavy (non-hydrogen) atoms. The molecule has 3 N–H and O–H groups in total. The number of rotatable bonds is 9. The molecule has 0 bridgehead atoms. The maximum absolute atomic E-state index is 13.4. The molecule has 0 spiro atoms. The van der Waals surface area contributed by atoms with Crippen molar-refractivity contribution >= 4 is 69.6 Å². The Morgan fingerprint density at radius 2 is 0.857 bits per heavy atom. The van der Waals surface area contributed by atoms with Crippen molar-refractivity contribution in [3.05, 3.63) is 151 Å². The average Bonchev–Trinajstić information content (AvgIpc) is 3.11. The van der Waals surface area contributed by atoms with Crippen LogP contribution in [0.2, 0.25) is 15.1 Å². The van der Waals surface area contributed by atoms with Crippen molar-refractivity contribution in [3.8, 4) is 5.75 Å². The van der Waals surface area contributed by atoms with Gasteiger partial charge in [0.25, 0.3) is 17.7 Å². The molecule has 0 aromatic heterocycles. The van der Waals surface area contributed by atoms with Crippen LogP contribution in [0.4, 0.5) is 56.6 Å². The Labute approximate surface area is 325 Å². The standard InChI is InChI=1S/C37H21Cl3F9N3O4/c38-29-7-4-22(14-26(29)35(41,42)43)50-32(53)19-3-1-2-18(10-19)17-56-25-12-20(33(54)51-23-5-8-30(39)27(15-23)36(44,45)46)11-21(13-25)34(55)52-24-6-9-31(40)28(16-24)37(47,48)49/h1-16H,17H2,(H,50,53)(H,51,54)(H,52,55). The van der Waals surface area contributed by atoms with Crippen molar-refractivity contribution in [1.29, 1.82) is 0 Å². The van der Waals surface area contributed by atoms with Crippen molar-refractivity contribution in [1.82, 2.24) is 0 Å². The zero-order valence-electron chi connectivity index (χ0n) is 27.6. The monoisotopic (exact) mass is 847 g/mol. The largest absolute Gasteiger partial charge is 0.489 e. The first-order chi connectivity index (χ1) is 26.1. The third-order valence-electron chi connectivity index (χ3n) is 7.61. The minimum atomic E-state index is -4.87. The highest BCUT2D eigenvalue weighted by Crippen LogP contribution is 2.39. The summed E-state index contributed by atoms with van der Waals surface area (Å²) in [5.41, 5.74) is -4.87. The number of halogens is 12. The van der Waals surface area contributed by atoms with Crippen LogP contribution in [-0.2, 0) is 25.1 Å². The van der Waals surface area contributed by atoms with E-state index in [1.807, 2.05) is 0 Å². The highest BCUT2D eigenvalue weighted by Gasteiger charge is 2.35. The second kappa shape index (κ2) is 16.3. The summed E-state index contributed by atoms with van der Waals surface area (Å²) in [6.07, 6.45) is -14.5. The number of benzene rings is 5. The molecule has 0 radical (unpaired) electrons. The molecule has 5 aromatic rings. The predicted octanol–water partition coefficient (Wildman–Crippen LogP) is 12.0. The SMILES string of the molecule is O=C(Nc1ccc(Cl)c(C(F)(F)F)c1)c1cccc(COc2cc(C(=O)Nc3ccc(Cl)c(C(F)(F)F)c3)cc(C(=O)Nc3ccc(Cl)c(C(F)(F)F)c3)c2)c1. The summed E-state index contributed by atoms with van der Waals surface area (Å²) in [6, 6.07) is 16.8. The summed E-state index contributed by atoms with van der Waals surface area (Å²) in [4.78, 5) is 39.5. The number of carbonyl (C=O) groups is 3. The Kier molecular flexibility index (Phi) is 12.2. The summed E-state index contributed by atoms with van der Waals surface area (Å²) in [6.45, 7) is -0.343. The van der Waals surface area contributed by atoms with E-state index in [0.29, 0.717) is 23.8 Å². The van der Waals surface area contributed by atoms with Crippen molar-refractivity contribution in [2.45, 2.75) is 25.1 Å². The number of hydrogen-bond acceptors (Lipinski definition) is 4. The number of amides is 3. The van der Waals surface area contributed by atoms with Crippen LogP contribution < -0.4 is 20.7 Å². The van der Waals surface area contributed by atoms with Crippen LogP contribution in [0.25, 0.3) is 0 Å². The van der Waals surface area contributed by atoms with Gasteiger partial charge in [-0.1, -0.05) is 46.9 Å². The quantitative estimate of drug-likeness (QED) is 0.129. The van der Waals surface area contributed by atoms with Gasteiger partial charge in [-0.05, 0) is 90.5 Å². The van der Waals surface area contributed by atoms with Crippen molar-refractivity contribution in [2.24, 2.45) is 0 Å². The molecule has 0 saturated heterocycles. The van der Waals surface area contributed by atoms with E-state index in [1.165, 1.54) is 30.3 Å². The number of alkyl halides is 9. The second-order valence-electron chi connectivity index (χ2n) is 11.7. The molecular formula is C37H21Cl3F9N3O4. The summed E-state index contributed by atoms with van der Waals surface area (Å²) >= 11 is 17.0. The van der Waals surface area contributed by atoms with Crippen molar-refractivity contribution < 1.29 is 58.6 Å². The van der Waals surface area contributed by atoms with Gasteiger partial charge in [0.05, 0.1) is 31.8 Å². The molecule has 0 aliphatic rings. The van der Waals surface area contributed by atoms with E-state index < -0.39 is 68.0 Å². The molecule has 0 atom stereocenters. The molecule has 0 unspecified atom stereocenters. The molecule has 7 nitrogen and oxygen atoms in total. The van der Waals surface area contributed by atoms with Gasteiger partial charge >= 0.3 is 18.5 Å². The van der Waals surface area contributed by atoms with Gasteiger partial charge in [-0.2, -0.15) is 39.5 Å². The molecular weight excluding hydrogens is 828 g/mol. The highest BCUT2D eigenvalue weighted by molar-refractivity contribution is 6.32. The fraction of sp³-hybridized carbons (Fsp3) is 0.108. The fourth-order valence-corrected chi connectivity index (χ4v) is 5.66. The number of ether oxygens (including phenoxy) is 1. The Morgan fingerprint density at radius 1 is 0.482 bits per heavy atom. The van der Waals surface area contributed by atoms with Gasteiger partial charge in [0.15, 0.2) is 0 Å². The Bertz CT molecular complexity index is 2240. The van der Waals surface area contributed by atoms with Gasteiger partial charge in [-0.15, -0.1) is 0 Å². The van der Waals surface area contributed by atoms with Crippen LogP contribution in [0.1, 0.15) is 53.3 Å². The van der Waals surface area contributed by atoms with Crippen LogP contribution in [0, 0.1) is 0 Å². The highest BCUT2D eigenvalue weighted by atomic mass is 35.5. The molecule has 0 aliphatic carbocycles. The third-order valence-corrected chi connectivity index (χ3v) is 8.60. The molecule has 5 aromatic carbocycles. The Hall–Kier alpha value is -5.45. The summed E-state index contributed by atoms with van der Waals surface area (Å²) in [5.74, 6) is -3.04. The van der Waals surface area contributed by atoms with Gasteiger partial charge in [-0.25, -0.2) is 0 Å². The number of carbonyl (C=O) groups excluding carboxylic acids is 3. The van der Waals surface area contributed by atoms with Gasteiger partial charge in [0, 0.05) is 33.8 Å². The molecule has 0 aliphatic heterocycles. The molecule has 3 amide bonds. The lowest BCUT2D eigenvalue weighted by Crippen LogP contribution is -2.17. The summed E-state index contributed by atoms with van der Waals surface area (Å²) in [5, 5.41) is 5.02. The first-order valence-corrected chi connectivity index (χ1v) is 16.6. The minimum absolute atomic E-state index is 0.00909. The number of nitrogens with one attached hydrogen (secondary N) is 3. The molecule has 19 heteroatoms. The van der Waals surface area contributed by atoms with Gasteiger partial charge in [0.2, 0.25) is 0 Å². The molecule has 5 rings (SSSR count). The molecule has 292 valence electrons.